The van der Waals surface area contributed by atoms with Gasteiger partial charge in [-0.25, -0.2) is 0 Å². The smallest absolute Gasteiger partial charge is 0.226 e. The first-order valence-corrected chi connectivity index (χ1v) is 9.30. The number of hydrogen-bond donors (Lipinski definition) is 2. The maximum Gasteiger partial charge on any atom is 0.226 e. The van der Waals surface area contributed by atoms with Gasteiger partial charge in [-0.2, -0.15) is 0 Å². The number of nitrogens with one attached hydrogen (secondary N) is 2. The van der Waals surface area contributed by atoms with Crippen LogP contribution in [-0.2, 0) is 11.2 Å². The predicted octanol–water partition coefficient (Wildman–Crippen LogP) is 3.34. The van der Waals surface area contributed by atoms with Gasteiger partial charge in [0.2, 0.25) is 5.91 Å². The number of H-pyrrole nitrogens is 1. The number of aryl methyl sites for hydroxylation is 1. The lowest BCUT2D eigenvalue weighted by molar-refractivity contribution is -0.135. The molecule has 4 nitrogen and oxygen atoms in total. The normalized spacial score (nSPS) is 21.1. The summed E-state index contributed by atoms with van der Waals surface area (Å²) in [5.74, 6) is 0.483. The van der Waals surface area contributed by atoms with E-state index in [1.54, 1.807) is 0 Å². The molecule has 1 aliphatic heterocycles. The van der Waals surface area contributed by atoms with Crippen molar-refractivity contribution in [1.82, 2.24) is 15.2 Å². The van der Waals surface area contributed by atoms with Crippen molar-refractivity contribution in [2.75, 3.05) is 19.6 Å². The first-order valence-electron chi connectivity index (χ1n) is 9.30. The molecule has 0 radical (unpaired) electrons. The van der Waals surface area contributed by atoms with E-state index in [9.17, 15) is 4.79 Å². The van der Waals surface area contributed by atoms with Gasteiger partial charge in [0, 0.05) is 42.8 Å². The molecule has 1 fully saturated rings. The molecule has 1 aromatic heterocycles. The number of aromatic nitrogens is 1. The van der Waals surface area contributed by atoms with Gasteiger partial charge in [-0.3, -0.25) is 4.79 Å². The summed E-state index contributed by atoms with van der Waals surface area (Å²) in [4.78, 5) is 17.7. The van der Waals surface area contributed by atoms with Crippen molar-refractivity contribution in [3.8, 4) is 0 Å². The lowest BCUT2D eigenvalue weighted by Gasteiger charge is -2.32. The average molecular weight is 327 g/mol. The zero-order chi connectivity index (χ0) is 16.9. The molecule has 2 aromatic rings. The van der Waals surface area contributed by atoms with Crippen LogP contribution in [0.15, 0.2) is 30.5 Å². The van der Waals surface area contributed by atoms with Crippen molar-refractivity contribution in [3.63, 3.8) is 0 Å². The maximum atomic E-state index is 12.4. The van der Waals surface area contributed by atoms with E-state index in [4.69, 9.17) is 0 Å². The minimum absolute atomic E-state index is 0.161. The Morgan fingerprint density at radius 1 is 1.21 bits per heavy atom. The number of benzene rings is 1. The first-order chi connectivity index (χ1) is 11.7. The summed E-state index contributed by atoms with van der Waals surface area (Å²) in [5.41, 5.74) is 2.61. The summed E-state index contributed by atoms with van der Waals surface area (Å²) < 4.78 is 0. The molecule has 0 saturated carbocycles. The number of carbonyl (C=O) groups excluding carboxylic acids is 1. The summed E-state index contributed by atoms with van der Waals surface area (Å²) >= 11 is 0. The molecule has 1 aromatic carbocycles. The van der Waals surface area contributed by atoms with E-state index in [1.165, 1.54) is 16.5 Å². The fourth-order valence-electron chi connectivity index (χ4n) is 3.83. The second kappa shape index (κ2) is 7.84. The Morgan fingerprint density at radius 3 is 2.71 bits per heavy atom. The van der Waals surface area contributed by atoms with E-state index in [1.807, 2.05) is 4.90 Å². The van der Waals surface area contributed by atoms with Crippen LogP contribution in [0.3, 0.4) is 0 Å². The molecular formula is C20H29N3O. The molecule has 24 heavy (non-hydrogen) atoms. The first kappa shape index (κ1) is 17.0. The van der Waals surface area contributed by atoms with Crippen LogP contribution < -0.4 is 5.32 Å². The van der Waals surface area contributed by atoms with E-state index in [0.717, 1.165) is 45.3 Å². The van der Waals surface area contributed by atoms with Gasteiger partial charge in [-0.15, -0.1) is 0 Å². The highest BCUT2D eigenvalue weighted by Gasteiger charge is 2.28. The van der Waals surface area contributed by atoms with Crippen LogP contribution >= 0.6 is 0 Å². The molecule has 2 unspecified atom stereocenters. The molecule has 130 valence electrons. The van der Waals surface area contributed by atoms with Gasteiger partial charge in [0.05, 0.1) is 5.92 Å². The minimum Gasteiger partial charge on any atom is -0.361 e. The van der Waals surface area contributed by atoms with Crippen LogP contribution in [0.5, 0.6) is 0 Å². The van der Waals surface area contributed by atoms with Gasteiger partial charge in [0.15, 0.2) is 0 Å². The zero-order valence-corrected chi connectivity index (χ0v) is 14.8. The van der Waals surface area contributed by atoms with E-state index >= 15 is 0 Å². The van der Waals surface area contributed by atoms with E-state index in [2.05, 4.69) is 54.6 Å². The van der Waals surface area contributed by atoms with E-state index in [-0.39, 0.29) is 5.92 Å². The van der Waals surface area contributed by atoms with Gasteiger partial charge in [0.1, 0.15) is 0 Å². The van der Waals surface area contributed by atoms with Gasteiger partial charge >= 0.3 is 0 Å². The highest BCUT2D eigenvalue weighted by molar-refractivity contribution is 5.83. The largest absolute Gasteiger partial charge is 0.361 e. The zero-order valence-electron chi connectivity index (χ0n) is 14.8. The SMILES string of the molecule is CCN(CC)C(=O)C1CCC(CCc2c[nH]c3ccccc23)NC1. The lowest BCUT2D eigenvalue weighted by atomic mass is 9.90. The van der Waals surface area contributed by atoms with Crippen LogP contribution in [0.1, 0.15) is 38.7 Å². The van der Waals surface area contributed by atoms with E-state index in [0.29, 0.717) is 11.9 Å². The standard InChI is InChI=1S/C20H29N3O/c1-3-23(4-2)20(24)16-10-12-17(21-14-16)11-9-15-13-22-19-8-6-5-7-18(15)19/h5-8,13,16-17,21-22H,3-4,9-12,14H2,1-2H3. The molecule has 3 rings (SSSR count). The number of nitrogens with zero attached hydrogens (tertiary/aromatic N) is 1. The number of fused-ring (bicyclic) bond motifs is 1. The van der Waals surface area contributed by atoms with Crippen LogP contribution in [0.2, 0.25) is 0 Å². The molecular weight excluding hydrogens is 298 g/mol. The quantitative estimate of drug-likeness (QED) is 0.855. The van der Waals surface area contributed by atoms with Gasteiger partial charge in [-0.1, -0.05) is 18.2 Å². The summed E-state index contributed by atoms with van der Waals surface area (Å²) in [6, 6.07) is 9.01. The molecule has 1 amide bonds. The summed E-state index contributed by atoms with van der Waals surface area (Å²) in [6.45, 7) is 6.57. The molecule has 1 aliphatic rings. The van der Waals surface area contributed by atoms with Crippen molar-refractivity contribution >= 4 is 16.8 Å². The van der Waals surface area contributed by atoms with Gasteiger partial charge in [-0.05, 0) is 51.2 Å². The summed E-state index contributed by atoms with van der Waals surface area (Å²) in [7, 11) is 0. The number of amides is 1. The number of aromatic amines is 1. The minimum atomic E-state index is 0.161. The number of para-hydroxylation sites is 1. The topological polar surface area (TPSA) is 48.1 Å². The van der Waals surface area contributed by atoms with Gasteiger partial charge < -0.3 is 15.2 Å². The summed E-state index contributed by atoms with van der Waals surface area (Å²) in [5, 5.41) is 4.94. The Hall–Kier alpha value is -1.81. The third-order valence-corrected chi connectivity index (χ3v) is 5.38. The molecule has 2 heterocycles. The van der Waals surface area contributed by atoms with E-state index < -0.39 is 0 Å². The highest BCUT2D eigenvalue weighted by atomic mass is 16.2. The second-order valence-corrected chi connectivity index (χ2v) is 6.79. The number of hydrogen-bond acceptors (Lipinski definition) is 2. The molecule has 2 atom stereocenters. The third kappa shape index (κ3) is 3.64. The van der Waals surface area contributed by atoms with Crippen molar-refractivity contribution < 1.29 is 4.79 Å². The molecule has 0 aliphatic carbocycles. The Morgan fingerprint density at radius 2 is 2.00 bits per heavy atom. The van der Waals surface area contributed by atoms with Crippen molar-refractivity contribution in [1.29, 1.82) is 0 Å². The van der Waals surface area contributed by atoms with Crippen LogP contribution in [0.4, 0.5) is 0 Å². The predicted molar refractivity (Wildman–Crippen MR) is 99.1 cm³/mol. The van der Waals surface area contributed by atoms with Crippen LogP contribution in [-0.4, -0.2) is 41.5 Å². The Labute approximate surface area is 144 Å². The number of carbonyl (C=O) groups is 1. The molecule has 0 bridgehead atoms. The Kier molecular flexibility index (Phi) is 5.56. The average Bonchev–Trinajstić information content (AvgIpc) is 3.04. The molecule has 4 heteroatoms. The number of rotatable bonds is 6. The van der Waals surface area contributed by atoms with Crippen molar-refractivity contribution in [2.24, 2.45) is 5.92 Å². The lowest BCUT2D eigenvalue weighted by Crippen LogP contribution is -2.46. The molecule has 0 spiro atoms. The Bertz CT molecular complexity index is 666. The maximum absolute atomic E-state index is 12.4. The van der Waals surface area contributed by atoms with Gasteiger partial charge in [0.25, 0.3) is 0 Å². The van der Waals surface area contributed by atoms with Crippen molar-refractivity contribution in [3.05, 3.63) is 36.0 Å². The van der Waals surface area contributed by atoms with Crippen LogP contribution in [0.25, 0.3) is 10.9 Å². The third-order valence-electron chi connectivity index (χ3n) is 5.38. The second-order valence-electron chi connectivity index (χ2n) is 6.79. The Balaban J connectivity index is 1.50. The number of piperidine rings is 1. The van der Waals surface area contributed by atoms with Crippen LogP contribution in [0, 0.1) is 5.92 Å². The fourth-order valence-corrected chi connectivity index (χ4v) is 3.83. The fraction of sp³-hybridized carbons (Fsp3) is 0.550. The van der Waals surface area contributed by atoms with Crippen molar-refractivity contribution in [2.45, 2.75) is 45.6 Å². The monoisotopic (exact) mass is 327 g/mol. The molecule has 1 saturated heterocycles. The summed E-state index contributed by atoms with van der Waals surface area (Å²) in [6.07, 6.45) is 6.46. The highest BCUT2D eigenvalue weighted by Crippen LogP contribution is 2.23. The molecule has 2 N–H and O–H groups in total.